The lowest BCUT2D eigenvalue weighted by Gasteiger charge is -2.18. The fourth-order valence-electron chi connectivity index (χ4n) is 0.971. The van der Waals surface area contributed by atoms with E-state index in [1.165, 1.54) is 0 Å². The predicted octanol–water partition coefficient (Wildman–Crippen LogP) is 4.37. The summed E-state index contributed by atoms with van der Waals surface area (Å²) in [5.41, 5.74) is -0.932. The summed E-state index contributed by atoms with van der Waals surface area (Å²) in [7, 11) is 0. The van der Waals surface area contributed by atoms with Gasteiger partial charge >= 0.3 is 12.1 Å². The number of ketones is 1. The predicted molar refractivity (Wildman–Crippen MR) is 51.8 cm³/mol. The fraction of sp³-hybridized carbons (Fsp3) is 0.222. The van der Waals surface area contributed by atoms with E-state index in [4.69, 9.17) is 23.2 Å². The van der Waals surface area contributed by atoms with Crippen molar-refractivity contribution in [2.24, 2.45) is 0 Å². The van der Waals surface area contributed by atoms with Crippen LogP contribution in [0.2, 0.25) is 10.0 Å². The van der Waals surface area contributed by atoms with E-state index >= 15 is 0 Å². The number of alkyl halides is 5. The van der Waals surface area contributed by atoms with Gasteiger partial charge in [-0.25, -0.2) is 0 Å². The molecule has 0 radical (unpaired) electrons. The molecule has 0 aliphatic carbocycles. The van der Waals surface area contributed by atoms with Gasteiger partial charge in [0, 0.05) is 10.6 Å². The Bertz CT molecular complexity index is 455. The van der Waals surface area contributed by atoms with Crippen LogP contribution in [0.5, 0.6) is 0 Å². The number of hydrogen-bond donors (Lipinski definition) is 0. The third kappa shape index (κ3) is 2.69. The van der Waals surface area contributed by atoms with E-state index < -0.39 is 28.5 Å². The Hall–Kier alpha value is -0.880. The number of benzene rings is 1. The first-order valence-electron chi connectivity index (χ1n) is 4.02. The number of halogens is 7. The molecule has 0 N–H and O–H groups in total. The normalized spacial score (nSPS) is 12.6. The maximum Gasteiger partial charge on any atom is 0.461 e. The average Bonchev–Trinajstić information content (AvgIpc) is 2.14. The van der Waals surface area contributed by atoms with Gasteiger partial charge in [-0.1, -0.05) is 23.2 Å². The Morgan fingerprint density at radius 2 is 1.59 bits per heavy atom. The van der Waals surface area contributed by atoms with Crippen LogP contribution in [-0.4, -0.2) is 17.9 Å². The van der Waals surface area contributed by atoms with Gasteiger partial charge in [0.05, 0.1) is 5.02 Å². The van der Waals surface area contributed by atoms with Crippen LogP contribution in [0.15, 0.2) is 18.2 Å². The molecule has 0 fully saturated rings. The summed E-state index contributed by atoms with van der Waals surface area (Å²) >= 11 is 10.8. The molecule has 1 aromatic rings. The first-order chi connectivity index (χ1) is 7.57. The molecule has 8 heteroatoms. The molecule has 17 heavy (non-hydrogen) atoms. The van der Waals surface area contributed by atoms with Gasteiger partial charge in [0.1, 0.15) is 0 Å². The van der Waals surface area contributed by atoms with Crippen LogP contribution in [0.25, 0.3) is 0 Å². The number of carbonyl (C=O) groups is 1. The van der Waals surface area contributed by atoms with E-state index in [-0.39, 0.29) is 5.02 Å². The SMILES string of the molecule is O=C(c1ccc(Cl)cc1Cl)C(F)(F)C(F)(F)F. The minimum Gasteiger partial charge on any atom is -0.287 e. The Balaban J connectivity index is 3.22. The van der Waals surface area contributed by atoms with Crippen LogP contribution in [0.4, 0.5) is 22.0 Å². The second-order valence-electron chi connectivity index (χ2n) is 3.03. The lowest BCUT2D eigenvalue weighted by molar-refractivity contribution is -0.255. The highest BCUT2D eigenvalue weighted by atomic mass is 35.5. The van der Waals surface area contributed by atoms with Crippen molar-refractivity contribution < 1.29 is 26.7 Å². The second kappa shape index (κ2) is 4.42. The lowest BCUT2D eigenvalue weighted by Crippen LogP contribution is -2.44. The molecule has 0 spiro atoms. The van der Waals surface area contributed by atoms with Crippen LogP contribution in [0.3, 0.4) is 0 Å². The molecule has 0 saturated carbocycles. The van der Waals surface area contributed by atoms with E-state index in [0.29, 0.717) is 6.07 Å². The van der Waals surface area contributed by atoms with E-state index in [1.807, 2.05) is 0 Å². The van der Waals surface area contributed by atoms with Crippen LogP contribution in [0.1, 0.15) is 10.4 Å². The zero-order chi connectivity index (χ0) is 13.4. The molecular formula is C9H3Cl2F5O. The summed E-state index contributed by atoms with van der Waals surface area (Å²) in [5, 5.41) is -0.548. The molecule has 0 aliphatic heterocycles. The molecular weight excluding hydrogens is 290 g/mol. The van der Waals surface area contributed by atoms with E-state index in [9.17, 15) is 26.7 Å². The average molecular weight is 293 g/mol. The molecule has 0 heterocycles. The van der Waals surface area contributed by atoms with E-state index in [0.717, 1.165) is 12.1 Å². The quantitative estimate of drug-likeness (QED) is 0.584. The highest BCUT2D eigenvalue weighted by Crippen LogP contribution is 2.39. The molecule has 1 aromatic carbocycles. The van der Waals surface area contributed by atoms with Crippen LogP contribution in [0, 0.1) is 0 Å². The van der Waals surface area contributed by atoms with Crippen molar-refractivity contribution in [2.75, 3.05) is 0 Å². The van der Waals surface area contributed by atoms with Crippen molar-refractivity contribution in [3.05, 3.63) is 33.8 Å². The zero-order valence-electron chi connectivity index (χ0n) is 7.79. The van der Waals surface area contributed by atoms with Gasteiger partial charge in [-0.05, 0) is 18.2 Å². The van der Waals surface area contributed by atoms with Gasteiger partial charge in [0.2, 0.25) is 5.78 Å². The first-order valence-corrected chi connectivity index (χ1v) is 4.77. The highest BCUT2D eigenvalue weighted by Gasteiger charge is 2.63. The molecule has 0 aliphatic rings. The Kier molecular flexibility index (Phi) is 3.69. The smallest absolute Gasteiger partial charge is 0.287 e. The number of rotatable bonds is 2. The highest BCUT2D eigenvalue weighted by molar-refractivity contribution is 6.37. The van der Waals surface area contributed by atoms with Crippen molar-refractivity contribution in [3.63, 3.8) is 0 Å². The Morgan fingerprint density at radius 1 is 1.06 bits per heavy atom. The van der Waals surface area contributed by atoms with E-state index in [2.05, 4.69) is 0 Å². The molecule has 0 aromatic heterocycles. The van der Waals surface area contributed by atoms with Crippen molar-refractivity contribution >= 4 is 29.0 Å². The third-order valence-electron chi connectivity index (χ3n) is 1.82. The van der Waals surface area contributed by atoms with Crippen molar-refractivity contribution in [1.82, 2.24) is 0 Å². The van der Waals surface area contributed by atoms with Gasteiger partial charge < -0.3 is 0 Å². The van der Waals surface area contributed by atoms with E-state index in [1.54, 1.807) is 0 Å². The zero-order valence-corrected chi connectivity index (χ0v) is 9.30. The fourth-order valence-corrected chi connectivity index (χ4v) is 1.47. The van der Waals surface area contributed by atoms with Gasteiger partial charge in [0.25, 0.3) is 0 Å². The van der Waals surface area contributed by atoms with Crippen LogP contribution in [-0.2, 0) is 0 Å². The van der Waals surface area contributed by atoms with Gasteiger partial charge in [-0.15, -0.1) is 0 Å². The summed E-state index contributed by atoms with van der Waals surface area (Å²) in [6, 6.07) is 2.61. The molecule has 0 atom stereocenters. The summed E-state index contributed by atoms with van der Waals surface area (Å²) in [6.07, 6.45) is -5.97. The summed E-state index contributed by atoms with van der Waals surface area (Å²) in [4.78, 5) is 11.0. The molecule has 0 saturated heterocycles. The molecule has 1 nitrogen and oxygen atoms in total. The molecule has 0 amide bonds. The maximum atomic E-state index is 12.7. The topological polar surface area (TPSA) is 17.1 Å². The number of Topliss-reactive ketones (excluding diaryl/α,β-unsaturated/α-hetero) is 1. The van der Waals surface area contributed by atoms with Gasteiger partial charge in [0.15, 0.2) is 0 Å². The maximum absolute atomic E-state index is 12.7. The third-order valence-corrected chi connectivity index (χ3v) is 2.36. The van der Waals surface area contributed by atoms with Crippen molar-refractivity contribution in [1.29, 1.82) is 0 Å². The first kappa shape index (κ1) is 14.2. The standard InChI is InChI=1S/C9H3Cl2F5O/c10-4-1-2-5(6(11)3-4)7(17)8(12,13)9(14,15)16/h1-3H. The summed E-state index contributed by atoms with van der Waals surface area (Å²) in [6.45, 7) is 0. The largest absolute Gasteiger partial charge is 0.461 e. The lowest BCUT2D eigenvalue weighted by atomic mass is 10.1. The van der Waals surface area contributed by atoms with Gasteiger partial charge in [-0.3, -0.25) is 4.79 Å². The number of carbonyl (C=O) groups excluding carboxylic acids is 1. The second-order valence-corrected chi connectivity index (χ2v) is 3.87. The molecule has 94 valence electrons. The number of hydrogen-bond acceptors (Lipinski definition) is 1. The molecule has 1 rings (SSSR count). The summed E-state index contributed by atoms with van der Waals surface area (Å²) < 4.78 is 61.3. The molecule has 0 bridgehead atoms. The Morgan fingerprint density at radius 3 is 2.00 bits per heavy atom. The monoisotopic (exact) mass is 292 g/mol. The Labute approximate surface area is 102 Å². The van der Waals surface area contributed by atoms with Crippen molar-refractivity contribution in [3.8, 4) is 0 Å². The van der Waals surface area contributed by atoms with Gasteiger partial charge in [-0.2, -0.15) is 22.0 Å². The molecule has 0 unspecified atom stereocenters. The van der Waals surface area contributed by atoms with Crippen molar-refractivity contribution in [2.45, 2.75) is 12.1 Å². The minimum atomic E-state index is -5.97. The van der Waals surface area contributed by atoms with Crippen LogP contribution < -0.4 is 0 Å². The minimum absolute atomic E-state index is 0.0156. The van der Waals surface area contributed by atoms with Crippen LogP contribution >= 0.6 is 23.2 Å². The summed E-state index contributed by atoms with van der Waals surface area (Å²) in [5.74, 6) is -7.89.